The minimum Gasteiger partial charge on any atom is -0.384 e. The van der Waals surface area contributed by atoms with Crippen LogP contribution in [0.3, 0.4) is 0 Å². The SMILES string of the molecule is CCNC(=NCC(C)(O)c1ccccc1)NCCSC.I. The number of guanidine groups is 1. The van der Waals surface area contributed by atoms with E-state index in [0.29, 0.717) is 6.54 Å². The predicted molar refractivity (Wildman–Crippen MR) is 104 cm³/mol. The fourth-order valence-corrected chi connectivity index (χ4v) is 2.04. The molecule has 1 aromatic carbocycles. The van der Waals surface area contributed by atoms with Crippen LogP contribution in [-0.2, 0) is 5.60 Å². The van der Waals surface area contributed by atoms with E-state index in [9.17, 15) is 5.11 Å². The molecule has 0 heterocycles. The number of aliphatic imine (C=N–C) groups is 1. The largest absolute Gasteiger partial charge is 0.384 e. The Balaban J connectivity index is 0.00000400. The molecule has 0 aliphatic rings. The maximum Gasteiger partial charge on any atom is 0.191 e. The Labute approximate surface area is 149 Å². The van der Waals surface area contributed by atoms with E-state index >= 15 is 0 Å². The highest BCUT2D eigenvalue weighted by atomic mass is 127. The predicted octanol–water partition coefficient (Wildman–Crippen LogP) is 2.43. The molecule has 0 bridgehead atoms. The van der Waals surface area contributed by atoms with Gasteiger partial charge in [0.05, 0.1) is 6.54 Å². The first kappa shape index (κ1) is 20.5. The summed E-state index contributed by atoms with van der Waals surface area (Å²) in [4.78, 5) is 4.47. The number of hydrogen-bond donors (Lipinski definition) is 3. The highest BCUT2D eigenvalue weighted by Crippen LogP contribution is 2.20. The summed E-state index contributed by atoms with van der Waals surface area (Å²) < 4.78 is 0. The first-order valence-electron chi connectivity index (χ1n) is 6.89. The van der Waals surface area contributed by atoms with Crippen molar-refractivity contribution < 1.29 is 5.11 Å². The fraction of sp³-hybridized carbons (Fsp3) is 0.533. The monoisotopic (exact) mass is 423 g/mol. The van der Waals surface area contributed by atoms with Gasteiger partial charge in [-0.05, 0) is 25.7 Å². The molecule has 0 saturated carbocycles. The van der Waals surface area contributed by atoms with Gasteiger partial charge in [-0.2, -0.15) is 11.8 Å². The lowest BCUT2D eigenvalue weighted by molar-refractivity contribution is 0.0672. The Hall–Kier alpha value is -0.470. The van der Waals surface area contributed by atoms with Gasteiger partial charge >= 0.3 is 0 Å². The molecule has 0 aliphatic heterocycles. The molecule has 0 spiro atoms. The molecule has 4 nitrogen and oxygen atoms in total. The molecule has 6 heteroatoms. The molecule has 1 rings (SSSR count). The van der Waals surface area contributed by atoms with Crippen LogP contribution in [0.15, 0.2) is 35.3 Å². The minimum absolute atomic E-state index is 0. The molecular formula is C15H26IN3OS. The van der Waals surface area contributed by atoms with Crippen LogP contribution in [-0.4, -0.2) is 42.7 Å². The summed E-state index contributed by atoms with van der Waals surface area (Å²) in [6.45, 7) is 5.81. The third kappa shape index (κ3) is 7.92. The summed E-state index contributed by atoms with van der Waals surface area (Å²) in [6, 6.07) is 9.63. The Kier molecular flexibility index (Phi) is 10.9. The molecule has 1 aromatic rings. The topological polar surface area (TPSA) is 56.7 Å². The van der Waals surface area contributed by atoms with Gasteiger partial charge in [-0.3, -0.25) is 0 Å². The van der Waals surface area contributed by atoms with Crippen molar-refractivity contribution in [3.05, 3.63) is 35.9 Å². The van der Waals surface area contributed by atoms with Gasteiger partial charge in [-0.25, -0.2) is 4.99 Å². The number of hydrogen-bond acceptors (Lipinski definition) is 3. The maximum atomic E-state index is 10.5. The van der Waals surface area contributed by atoms with Crippen LogP contribution in [0.2, 0.25) is 0 Å². The third-order valence-corrected chi connectivity index (χ3v) is 3.50. The van der Waals surface area contributed by atoms with Gasteiger partial charge in [0, 0.05) is 18.8 Å². The van der Waals surface area contributed by atoms with Crippen molar-refractivity contribution in [1.29, 1.82) is 0 Å². The van der Waals surface area contributed by atoms with Crippen molar-refractivity contribution in [2.45, 2.75) is 19.4 Å². The summed E-state index contributed by atoms with van der Waals surface area (Å²) in [7, 11) is 0. The summed E-state index contributed by atoms with van der Waals surface area (Å²) in [5.41, 5.74) is -0.0768. The summed E-state index contributed by atoms with van der Waals surface area (Å²) in [5, 5.41) is 16.9. The van der Waals surface area contributed by atoms with E-state index < -0.39 is 5.60 Å². The van der Waals surface area contributed by atoms with E-state index in [1.54, 1.807) is 18.7 Å². The smallest absolute Gasteiger partial charge is 0.191 e. The van der Waals surface area contributed by atoms with Crippen LogP contribution in [0.5, 0.6) is 0 Å². The van der Waals surface area contributed by atoms with Crippen molar-refractivity contribution >= 4 is 41.7 Å². The van der Waals surface area contributed by atoms with Gasteiger partial charge in [-0.1, -0.05) is 30.3 Å². The van der Waals surface area contributed by atoms with Crippen molar-refractivity contribution in [1.82, 2.24) is 10.6 Å². The Morgan fingerprint density at radius 1 is 1.29 bits per heavy atom. The Bertz CT molecular complexity index is 413. The molecule has 0 fully saturated rings. The van der Waals surface area contributed by atoms with Crippen LogP contribution in [0, 0.1) is 0 Å². The molecule has 21 heavy (non-hydrogen) atoms. The van der Waals surface area contributed by atoms with E-state index in [2.05, 4.69) is 21.9 Å². The van der Waals surface area contributed by atoms with Crippen molar-refractivity contribution in [2.75, 3.05) is 31.6 Å². The van der Waals surface area contributed by atoms with E-state index in [1.165, 1.54) is 0 Å². The number of benzene rings is 1. The number of thioether (sulfide) groups is 1. The summed E-state index contributed by atoms with van der Waals surface area (Å²) in [5.74, 6) is 1.78. The zero-order valence-electron chi connectivity index (χ0n) is 12.9. The first-order valence-corrected chi connectivity index (χ1v) is 8.28. The lowest BCUT2D eigenvalue weighted by Crippen LogP contribution is -2.39. The quantitative estimate of drug-likeness (QED) is 0.273. The first-order chi connectivity index (χ1) is 9.60. The molecule has 1 atom stereocenters. The van der Waals surface area contributed by atoms with Crippen LogP contribution in [0.1, 0.15) is 19.4 Å². The molecule has 0 amide bonds. The summed E-state index contributed by atoms with van der Waals surface area (Å²) >= 11 is 1.79. The van der Waals surface area contributed by atoms with Crippen LogP contribution in [0.4, 0.5) is 0 Å². The van der Waals surface area contributed by atoms with Crippen molar-refractivity contribution in [3.8, 4) is 0 Å². The number of aliphatic hydroxyl groups is 1. The molecule has 0 radical (unpaired) electrons. The summed E-state index contributed by atoms with van der Waals surface area (Å²) in [6.07, 6.45) is 2.08. The highest BCUT2D eigenvalue weighted by Gasteiger charge is 2.22. The molecule has 1 unspecified atom stereocenters. The third-order valence-electron chi connectivity index (χ3n) is 2.88. The average molecular weight is 423 g/mol. The molecular weight excluding hydrogens is 397 g/mol. The number of nitrogens with one attached hydrogen (secondary N) is 2. The fourth-order valence-electron chi connectivity index (χ4n) is 1.73. The molecule has 3 N–H and O–H groups in total. The van der Waals surface area contributed by atoms with Crippen LogP contribution in [0.25, 0.3) is 0 Å². The van der Waals surface area contributed by atoms with E-state index in [4.69, 9.17) is 0 Å². The standard InChI is InChI=1S/C15H25N3OS.HI/c1-4-16-14(17-10-11-20-3)18-12-15(2,19)13-8-6-5-7-9-13;/h5-9,19H,4,10-12H2,1-3H3,(H2,16,17,18);1H. The average Bonchev–Trinajstić information content (AvgIpc) is 2.46. The van der Waals surface area contributed by atoms with Crippen LogP contribution < -0.4 is 10.6 Å². The maximum absolute atomic E-state index is 10.5. The second kappa shape index (κ2) is 11.1. The molecule has 0 saturated heterocycles. The minimum atomic E-state index is -0.955. The Morgan fingerprint density at radius 3 is 2.52 bits per heavy atom. The van der Waals surface area contributed by atoms with Crippen LogP contribution >= 0.6 is 35.7 Å². The zero-order valence-corrected chi connectivity index (χ0v) is 16.1. The molecule has 0 aromatic heterocycles. The van der Waals surface area contributed by atoms with E-state index in [0.717, 1.165) is 30.4 Å². The van der Waals surface area contributed by atoms with Gasteiger partial charge in [0.25, 0.3) is 0 Å². The molecule has 0 aliphatic carbocycles. The normalized spacial score (nSPS) is 14.0. The van der Waals surface area contributed by atoms with E-state index in [-0.39, 0.29) is 24.0 Å². The molecule has 120 valence electrons. The zero-order chi connectivity index (χ0) is 14.8. The lowest BCUT2D eigenvalue weighted by Gasteiger charge is -2.22. The van der Waals surface area contributed by atoms with Gasteiger partial charge < -0.3 is 15.7 Å². The van der Waals surface area contributed by atoms with Crippen molar-refractivity contribution in [2.24, 2.45) is 4.99 Å². The lowest BCUT2D eigenvalue weighted by atomic mass is 9.96. The highest BCUT2D eigenvalue weighted by molar-refractivity contribution is 14.0. The number of halogens is 1. The second-order valence-electron chi connectivity index (χ2n) is 4.75. The second-order valence-corrected chi connectivity index (χ2v) is 5.74. The number of nitrogens with zero attached hydrogens (tertiary/aromatic N) is 1. The van der Waals surface area contributed by atoms with E-state index in [1.807, 2.05) is 37.3 Å². The van der Waals surface area contributed by atoms with Gasteiger partial charge in [0.15, 0.2) is 5.96 Å². The van der Waals surface area contributed by atoms with Crippen molar-refractivity contribution in [3.63, 3.8) is 0 Å². The van der Waals surface area contributed by atoms with Gasteiger partial charge in [0.2, 0.25) is 0 Å². The van der Waals surface area contributed by atoms with Gasteiger partial charge in [0.1, 0.15) is 5.60 Å². The number of rotatable bonds is 7. The Morgan fingerprint density at radius 2 is 1.95 bits per heavy atom. The van der Waals surface area contributed by atoms with Gasteiger partial charge in [-0.15, -0.1) is 24.0 Å².